The summed E-state index contributed by atoms with van der Waals surface area (Å²) in [5.41, 5.74) is 3.45. The second-order valence-electron chi connectivity index (χ2n) is 11.3. The van der Waals surface area contributed by atoms with Crippen molar-refractivity contribution >= 4 is 27.5 Å². The highest BCUT2D eigenvalue weighted by Crippen LogP contribution is 2.28. The minimum absolute atomic E-state index is 0.0944. The van der Waals surface area contributed by atoms with Crippen molar-refractivity contribution in [1.29, 1.82) is 0 Å². The first-order valence-electron chi connectivity index (χ1n) is 13.5. The molecule has 0 aromatic heterocycles. The molecule has 3 aromatic rings. The second-order valence-corrected chi connectivity index (χ2v) is 13.1. The van der Waals surface area contributed by atoms with Gasteiger partial charge in [-0.1, -0.05) is 72.6 Å². The van der Waals surface area contributed by atoms with Gasteiger partial charge in [-0.15, -0.1) is 0 Å². The van der Waals surface area contributed by atoms with Gasteiger partial charge < -0.3 is 10.2 Å². The number of carbonyl (C=O) groups excluding carboxylic acids is 2. The standard InChI is InChI=1S/C32H41N3O4S/c1-8-28(31(37)33-32(5,6)7)34(21-26-14-11-12-24(3)20-26)30(36)22-35(29-15-10-9-13-25(29)4)40(38,39)27-18-16-23(2)17-19-27/h9-20,28H,8,21-22H2,1-7H3,(H,33,37)/t28-/m1/s1. The second kappa shape index (κ2) is 12.7. The third-order valence-corrected chi connectivity index (χ3v) is 8.37. The first-order chi connectivity index (χ1) is 18.7. The van der Waals surface area contributed by atoms with Gasteiger partial charge in [0.15, 0.2) is 0 Å². The van der Waals surface area contributed by atoms with Crippen molar-refractivity contribution < 1.29 is 18.0 Å². The first-order valence-corrected chi connectivity index (χ1v) is 15.0. The van der Waals surface area contributed by atoms with Crippen LogP contribution < -0.4 is 9.62 Å². The molecule has 0 aliphatic heterocycles. The molecule has 0 spiro atoms. The van der Waals surface area contributed by atoms with Gasteiger partial charge in [-0.05, 0) is 77.3 Å². The van der Waals surface area contributed by atoms with Gasteiger partial charge >= 0.3 is 0 Å². The summed E-state index contributed by atoms with van der Waals surface area (Å²) >= 11 is 0. The van der Waals surface area contributed by atoms with Gasteiger partial charge in [0.2, 0.25) is 11.8 Å². The zero-order chi connectivity index (χ0) is 29.7. The fourth-order valence-corrected chi connectivity index (χ4v) is 6.05. The van der Waals surface area contributed by atoms with Gasteiger partial charge in [-0.2, -0.15) is 0 Å². The minimum Gasteiger partial charge on any atom is -0.350 e. The lowest BCUT2D eigenvalue weighted by molar-refractivity contribution is -0.141. The lowest BCUT2D eigenvalue weighted by Gasteiger charge is -2.35. The number of benzene rings is 3. The van der Waals surface area contributed by atoms with Crippen molar-refractivity contribution in [2.45, 2.75) is 77.9 Å². The van der Waals surface area contributed by atoms with E-state index < -0.39 is 34.1 Å². The summed E-state index contributed by atoms with van der Waals surface area (Å²) in [5.74, 6) is -0.740. The van der Waals surface area contributed by atoms with Gasteiger partial charge in [-0.25, -0.2) is 8.42 Å². The van der Waals surface area contributed by atoms with Crippen molar-refractivity contribution in [1.82, 2.24) is 10.2 Å². The topological polar surface area (TPSA) is 86.8 Å². The van der Waals surface area contributed by atoms with Gasteiger partial charge in [0.1, 0.15) is 12.6 Å². The van der Waals surface area contributed by atoms with Crippen LogP contribution in [0.2, 0.25) is 0 Å². The Morgan fingerprint density at radius 3 is 2.10 bits per heavy atom. The van der Waals surface area contributed by atoms with Gasteiger partial charge in [0, 0.05) is 12.1 Å². The predicted octanol–water partition coefficient (Wildman–Crippen LogP) is 5.53. The lowest BCUT2D eigenvalue weighted by Crippen LogP contribution is -2.55. The molecule has 3 aromatic carbocycles. The van der Waals surface area contributed by atoms with Crippen LogP contribution >= 0.6 is 0 Å². The van der Waals surface area contributed by atoms with E-state index in [2.05, 4.69) is 5.32 Å². The fraction of sp³-hybridized carbons (Fsp3) is 0.375. The largest absolute Gasteiger partial charge is 0.350 e. The summed E-state index contributed by atoms with van der Waals surface area (Å²) in [5, 5.41) is 2.99. The van der Waals surface area contributed by atoms with E-state index in [1.807, 2.05) is 84.9 Å². The molecule has 0 aliphatic rings. The number of para-hydroxylation sites is 1. The van der Waals surface area contributed by atoms with E-state index >= 15 is 0 Å². The van der Waals surface area contributed by atoms with E-state index in [1.165, 1.54) is 4.90 Å². The molecule has 1 N–H and O–H groups in total. The molecule has 0 unspecified atom stereocenters. The minimum atomic E-state index is -4.10. The highest BCUT2D eigenvalue weighted by atomic mass is 32.2. The highest BCUT2D eigenvalue weighted by molar-refractivity contribution is 7.92. The molecule has 40 heavy (non-hydrogen) atoms. The number of amides is 2. The van der Waals surface area contributed by atoms with E-state index in [1.54, 1.807) is 36.4 Å². The van der Waals surface area contributed by atoms with Crippen molar-refractivity contribution in [2.24, 2.45) is 0 Å². The number of anilines is 1. The molecule has 0 aliphatic carbocycles. The van der Waals surface area contributed by atoms with Crippen LogP contribution in [-0.2, 0) is 26.2 Å². The molecule has 8 heteroatoms. The van der Waals surface area contributed by atoms with E-state index in [9.17, 15) is 18.0 Å². The quantitative estimate of drug-likeness (QED) is 0.352. The number of nitrogens with zero attached hydrogens (tertiary/aromatic N) is 2. The smallest absolute Gasteiger partial charge is 0.264 e. The van der Waals surface area contributed by atoms with Crippen LogP contribution in [-0.4, -0.2) is 43.3 Å². The molecular formula is C32H41N3O4S. The Kier molecular flexibility index (Phi) is 9.79. The predicted molar refractivity (Wildman–Crippen MR) is 161 cm³/mol. The van der Waals surface area contributed by atoms with Crippen molar-refractivity contribution in [3.05, 3.63) is 95.1 Å². The van der Waals surface area contributed by atoms with Crippen LogP contribution in [0.3, 0.4) is 0 Å². The third-order valence-electron chi connectivity index (χ3n) is 6.59. The molecule has 0 fully saturated rings. The van der Waals surface area contributed by atoms with E-state index in [4.69, 9.17) is 0 Å². The molecule has 0 bridgehead atoms. The van der Waals surface area contributed by atoms with Gasteiger partial charge in [0.05, 0.1) is 10.6 Å². The highest BCUT2D eigenvalue weighted by Gasteiger charge is 2.35. The monoisotopic (exact) mass is 563 g/mol. The van der Waals surface area contributed by atoms with Crippen molar-refractivity contribution in [2.75, 3.05) is 10.8 Å². The number of sulfonamides is 1. The lowest BCUT2D eigenvalue weighted by atomic mass is 10.0. The Hall–Kier alpha value is -3.65. The Morgan fingerprint density at radius 1 is 0.875 bits per heavy atom. The molecule has 0 radical (unpaired) electrons. The zero-order valence-electron chi connectivity index (χ0n) is 24.6. The van der Waals surface area contributed by atoms with E-state index in [-0.39, 0.29) is 17.3 Å². The van der Waals surface area contributed by atoms with Crippen LogP contribution in [0.4, 0.5) is 5.69 Å². The summed E-state index contributed by atoms with van der Waals surface area (Å²) in [7, 11) is -4.10. The van der Waals surface area contributed by atoms with Crippen molar-refractivity contribution in [3.63, 3.8) is 0 Å². The normalized spacial score (nSPS) is 12.5. The third kappa shape index (κ3) is 7.72. The number of nitrogens with one attached hydrogen (secondary N) is 1. The molecule has 1 atom stereocenters. The molecular weight excluding hydrogens is 522 g/mol. The van der Waals surface area contributed by atoms with Crippen LogP contribution in [0.1, 0.15) is 56.4 Å². The molecule has 7 nitrogen and oxygen atoms in total. The maximum atomic E-state index is 14.2. The Balaban J connectivity index is 2.09. The van der Waals surface area contributed by atoms with E-state index in [0.717, 1.165) is 21.0 Å². The Labute approximate surface area is 239 Å². The molecule has 0 saturated carbocycles. The summed E-state index contributed by atoms with van der Waals surface area (Å²) < 4.78 is 29.1. The van der Waals surface area contributed by atoms with E-state index in [0.29, 0.717) is 17.7 Å². The Bertz CT molecular complexity index is 1440. The number of hydrogen-bond donors (Lipinski definition) is 1. The van der Waals surface area contributed by atoms with Crippen LogP contribution in [0.15, 0.2) is 77.7 Å². The summed E-state index contributed by atoms with van der Waals surface area (Å²) in [6, 6.07) is 20.6. The van der Waals surface area contributed by atoms with Crippen LogP contribution in [0.5, 0.6) is 0 Å². The van der Waals surface area contributed by atoms with Crippen LogP contribution in [0, 0.1) is 20.8 Å². The summed E-state index contributed by atoms with van der Waals surface area (Å²) in [6.45, 7) is 12.9. The number of carbonyl (C=O) groups is 2. The molecule has 3 rings (SSSR count). The molecule has 214 valence electrons. The average Bonchev–Trinajstić information content (AvgIpc) is 2.86. The number of aryl methyl sites for hydroxylation is 3. The van der Waals surface area contributed by atoms with Crippen molar-refractivity contribution in [3.8, 4) is 0 Å². The number of hydrogen-bond acceptors (Lipinski definition) is 4. The number of rotatable bonds is 10. The molecule has 0 saturated heterocycles. The summed E-state index contributed by atoms with van der Waals surface area (Å²) in [4.78, 5) is 29.2. The zero-order valence-corrected chi connectivity index (χ0v) is 25.4. The summed E-state index contributed by atoms with van der Waals surface area (Å²) in [6.07, 6.45) is 0.370. The van der Waals surface area contributed by atoms with Gasteiger partial charge in [0.25, 0.3) is 10.0 Å². The molecule has 0 heterocycles. The van der Waals surface area contributed by atoms with Crippen LogP contribution in [0.25, 0.3) is 0 Å². The van der Waals surface area contributed by atoms with Gasteiger partial charge in [-0.3, -0.25) is 13.9 Å². The first kappa shape index (κ1) is 30.9. The average molecular weight is 564 g/mol. The Morgan fingerprint density at radius 2 is 1.52 bits per heavy atom. The maximum absolute atomic E-state index is 14.2. The maximum Gasteiger partial charge on any atom is 0.264 e. The SMILES string of the molecule is CC[C@H](C(=O)NC(C)(C)C)N(Cc1cccc(C)c1)C(=O)CN(c1ccccc1C)S(=O)(=O)c1ccc(C)cc1. The molecule has 2 amide bonds. The fourth-order valence-electron chi connectivity index (χ4n) is 4.57.